The average molecular weight is 427 g/mol. The van der Waals surface area contributed by atoms with Crippen molar-refractivity contribution in [3.8, 4) is 0 Å². The largest absolute Gasteiger partial charge is 0.366 e. The summed E-state index contributed by atoms with van der Waals surface area (Å²) in [7, 11) is -7.86. The minimum absolute atomic E-state index is 0.0126. The predicted octanol–water partition coefficient (Wildman–Crippen LogP) is 1.47. The molecule has 0 bridgehead atoms. The van der Waals surface area contributed by atoms with E-state index >= 15 is 0 Å². The van der Waals surface area contributed by atoms with E-state index in [9.17, 15) is 26.0 Å². The first kappa shape index (κ1) is 20.2. The Labute approximate surface area is 162 Å². The third-order valence-corrected chi connectivity index (χ3v) is 7.13. The van der Waals surface area contributed by atoms with Crippen molar-refractivity contribution in [1.29, 1.82) is 0 Å². The van der Waals surface area contributed by atoms with Gasteiger partial charge < -0.3 is 5.73 Å². The van der Waals surface area contributed by atoms with Crippen LogP contribution in [0.5, 0.6) is 0 Å². The number of amides is 1. The van der Waals surface area contributed by atoms with E-state index in [2.05, 4.69) is 9.44 Å². The molecule has 0 aliphatic heterocycles. The lowest BCUT2D eigenvalue weighted by Gasteiger charge is -2.13. The fraction of sp³-hybridized carbons (Fsp3) is 0.235. The molecule has 0 unspecified atom stereocenters. The Balaban J connectivity index is 1.88. The lowest BCUT2D eigenvalue weighted by Crippen LogP contribution is -2.25. The topological polar surface area (TPSA) is 135 Å². The molecule has 0 saturated heterocycles. The van der Waals surface area contributed by atoms with Gasteiger partial charge in [-0.25, -0.2) is 25.9 Å². The van der Waals surface area contributed by atoms with Crippen LogP contribution >= 0.6 is 0 Å². The zero-order valence-electron chi connectivity index (χ0n) is 14.8. The lowest BCUT2D eigenvalue weighted by atomic mass is 10.1. The van der Waals surface area contributed by atoms with Crippen LogP contribution in [0.15, 0.2) is 46.2 Å². The van der Waals surface area contributed by atoms with Crippen molar-refractivity contribution in [2.75, 3.05) is 4.72 Å². The molecule has 3 rings (SSSR count). The maximum atomic E-state index is 14.0. The fourth-order valence-corrected chi connectivity index (χ4v) is 4.84. The molecule has 150 valence electrons. The molecule has 0 aromatic heterocycles. The van der Waals surface area contributed by atoms with Gasteiger partial charge in [0, 0.05) is 17.2 Å². The number of rotatable bonds is 7. The molecule has 1 aliphatic rings. The zero-order valence-corrected chi connectivity index (χ0v) is 16.4. The van der Waals surface area contributed by atoms with Gasteiger partial charge in [0.1, 0.15) is 5.82 Å². The van der Waals surface area contributed by atoms with Crippen LogP contribution in [-0.2, 0) is 20.0 Å². The molecule has 0 radical (unpaired) electrons. The van der Waals surface area contributed by atoms with E-state index < -0.39 is 31.8 Å². The van der Waals surface area contributed by atoms with Gasteiger partial charge in [-0.05, 0) is 56.2 Å². The maximum Gasteiger partial charge on any atom is 0.261 e. The van der Waals surface area contributed by atoms with Crippen molar-refractivity contribution in [2.45, 2.75) is 35.6 Å². The maximum absolute atomic E-state index is 14.0. The molecule has 4 N–H and O–H groups in total. The number of sulfonamides is 2. The van der Waals surface area contributed by atoms with Crippen molar-refractivity contribution >= 4 is 31.6 Å². The summed E-state index contributed by atoms with van der Waals surface area (Å²) in [4.78, 5) is 11.0. The van der Waals surface area contributed by atoms with Gasteiger partial charge in [-0.1, -0.05) is 0 Å². The lowest BCUT2D eigenvalue weighted by molar-refractivity contribution is 0.1000. The smallest absolute Gasteiger partial charge is 0.261 e. The Morgan fingerprint density at radius 1 is 1.04 bits per heavy atom. The molecule has 28 heavy (non-hydrogen) atoms. The van der Waals surface area contributed by atoms with E-state index in [1.807, 2.05) is 0 Å². The standard InChI is InChI=1S/C17H18FN3O5S2/c1-10-15(18)8-11(17(19)22)9-16(10)21-28(25,26)14-6-4-13(5-7-14)27(23,24)20-12-2-3-12/h4-9,12,20-21H,2-3H2,1H3,(H2,19,22). The SMILES string of the molecule is Cc1c(F)cc(C(N)=O)cc1NS(=O)(=O)c1ccc(S(=O)(=O)NC2CC2)cc1. The minimum atomic E-state index is -4.15. The molecular formula is C17H18FN3O5S2. The van der Waals surface area contributed by atoms with Gasteiger partial charge in [-0.15, -0.1) is 0 Å². The summed E-state index contributed by atoms with van der Waals surface area (Å²) in [6.07, 6.45) is 1.55. The van der Waals surface area contributed by atoms with Gasteiger partial charge in [0.05, 0.1) is 15.5 Å². The summed E-state index contributed by atoms with van der Waals surface area (Å²) >= 11 is 0. The third kappa shape index (κ3) is 4.32. The highest BCUT2D eigenvalue weighted by Gasteiger charge is 2.28. The molecule has 1 saturated carbocycles. The monoisotopic (exact) mass is 427 g/mol. The second-order valence-corrected chi connectivity index (χ2v) is 9.86. The Kier molecular flexibility index (Phi) is 5.17. The van der Waals surface area contributed by atoms with E-state index in [0.717, 1.165) is 37.1 Å². The summed E-state index contributed by atoms with van der Waals surface area (Å²) in [6, 6.07) is 6.59. The van der Waals surface area contributed by atoms with Gasteiger partial charge in [0.15, 0.2) is 0 Å². The highest BCUT2D eigenvalue weighted by Crippen LogP contribution is 2.25. The number of anilines is 1. The predicted molar refractivity (Wildman–Crippen MR) is 100 cm³/mol. The summed E-state index contributed by atoms with van der Waals surface area (Å²) in [5.41, 5.74) is 4.79. The molecule has 2 aromatic carbocycles. The molecular weight excluding hydrogens is 409 g/mol. The van der Waals surface area contributed by atoms with Crippen LogP contribution in [0.25, 0.3) is 0 Å². The molecule has 8 nitrogen and oxygen atoms in total. The van der Waals surface area contributed by atoms with E-state index in [-0.39, 0.29) is 32.6 Å². The number of nitrogens with two attached hydrogens (primary N) is 1. The van der Waals surface area contributed by atoms with Crippen LogP contribution in [0.3, 0.4) is 0 Å². The number of carbonyl (C=O) groups is 1. The van der Waals surface area contributed by atoms with E-state index in [1.54, 1.807) is 0 Å². The molecule has 0 atom stereocenters. The number of carbonyl (C=O) groups excluding carboxylic acids is 1. The zero-order chi connectivity index (χ0) is 20.7. The molecule has 1 aliphatic carbocycles. The summed E-state index contributed by atoms with van der Waals surface area (Å²) < 4.78 is 68.1. The quantitative estimate of drug-likeness (QED) is 0.615. The second kappa shape index (κ2) is 7.15. The molecule has 11 heteroatoms. The number of halogens is 1. The summed E-state index contributed by atoms with van der Waals surface area (Å²) in [5.74, 6) is -1.70. The number of primary amides is 1. The Morgan fingerprint density at radius 3 is 2.07 bits per heavy atom. The van der Waals surface area contributed by atoms with Crippen molar-refractivity contribution in [3.63, 3.8) is 0 Å². The minimum Gasteiger partial charge on any atom is -0.366 e. The number of benzene rings is 2. The van der Waals surface area contributed by atoms with Crippen molar-refractivity contribution in [1.82, 2.24) is 4.72 Å². The van der Waals surface area contributed by atoms with Crippen LogP contribution in [0.2, 0.25) is 0 Å². The highest BCUT2D eigenvalue weighted by atomic mass is 32.2. The van der Waals surface area contributed by atoms with Crippen LogP contribution in [0, 0.1) is 12.7 Å². The molecule has 0 spiro atoms. The van der Waals surface area contributed by atoms with Gasteiger partial charge in [-0.2, -0.15) is 0 Å². The van der Waals surface area contributed by atoms with Crippen molar-refractivity contribution < 1.29 is 26.0 Å². The van der Waals surface area contributed by atoms with Crippen molar-refractivity contribution in [3.05, 3.63) is 53.3 Å². The third-order valence-electron chi connectivity index (χ3n) is 4.22. The van der Waals surface area contributed by atoms with E-state index in [1.165, 1.54) is 19.1 Å². The van der Waals surface area contributed by atoms with Gasteiger partial charge >= 0.3 is 0 Å². The first-order valence-electron chi connectivity index (χ1n) is 8.25. The average Bonchev–Trinajstić information content (AvgIpc) is 3.42. The fourth-order valence-electron chi connectivity index (χ4n) is 2.42. The summed E-state index contributed by atoms with van der Waals surface area (Å²) in [6.45, 7) is 1.34. The second-order valence-electron chi connectivity index (χ2n) is 6.47. The molecule has 2 aromatic rings. The number of nitrogens with one attached hydrogen (secondary N) is 2. The Morgan fingerprint density at radius 2 is 1.57 bits per heavy atom. The van der Waals surface area contributed by atoms with Crippen molar-refractivity contribution in [2.24, 2.45) is 5.73 Å². The molecule has 1 fully saturated rings. The first-order valence-corrected chi connectivity index (χ1v) is 11.2. The summed E-state index contributed by atoms with van der Waals surface area (Å²) in [5, 5.41) is 0. The first-order chi connectivity index (χ1) is 13.0. The van der Waals surface area contributed by atoms with Gasteiger partial charge in [-0.3, -0.25) is 9.52 Å². The molecule has 1 amide bonds. The van der Waals surface area contributed by atoms with Gasteiger partial charge in [0.2, 0.25) is 15.9 Å². The Bertz CT molecular complexity index is 1140. The molecule has 0 heterocycles. The van der Waals surface area contributed by atoms with Crippen LogP contribution in [0.1, 0.15) is 28.8 Å². The van der Waals surface area contributed by atoms with E-state index in [0.29, 0.717) is 0 Å². The number of hydrogen-bond acceptors (Lipinski definition) is 5. The highest BCUT2D eigenvalue weighted by molar-refractivity contribution is 7.92. The van der Waals surface area contributed by atoms with Crippen LogP contribution in [0.4, 0.5) is 10.1 Å². The van der Waals surface area contributed by atoms with Crippen LogP contribution < -0.4 is 15.2 Å². The van der Waals surface area contributed by atoms with Gasteiger partial charge in [0.25, 0.3) is 10.0 Å². The van der Waals surface area contributed by atoms with Crippen LogP contribution in [-0.4, -0.2) is 28.8 Å². The van der Waals surface area contributed by atoms with E-state index in [4.69, 9.17) is 5.73 Å². The Hall–Kier alpha value is -2.50. The normalized spacial score (nSPS) is 14.6. The number of hydrogen-bond donors (Lipinski definition) is 3.